The van der Waals surface area contributed by atoms with Crippen molar-refractivity contribution >= 4 is 0 Å². The van der Waals surface area contributed by atoms with Gasteiger partial charge in [0.15, 0.2) is 13.1 Å². The van der Waals surface area contributed by atoms with Crippen molar-refractivity contribution in [2.75, 3.05) is 60.8 Å². The van der Waals surface area contributed by atoms with Crippen LogP contribution in [0, 0.1) is 0 Å². The zero-order valence-electron chi connectivity index (χ0n) is 9.41. The Balaban J connectivity index is 3.49. The molecule has 85 valence electrons. The fourth-order valence-electron chi connectivity index (χ4n) is 0.979. The summed E-state index contributed by atoms with van der Waals surface area (Å²) in [5, 5.41) is 2.08. The Morgan fingerprint density at radius 2 is 1.36 bits per heavy atom. The van der Waals surface area contributed by atoms with E-state index < -0.39 is 0 Å². The Hall–Kier alpha value is -0.200. The molecule has 0 aliphatic carbocycles. The smallest absolute Gasteiger partial charge is 0.168 e. The highest BCUT2D eigenvalue weighted by atomic mass is 16.5. The first-order chi connectivity index (χ1) is 6.85. The molecule has 5 nitrogen and oxygen atoms in total. The van der Waals surface area contributed by atoms with Gasteiger partial charge < -0.3 is 14.2 Å². The molecule has 0 unspecified atom stereocenters. The third-order valence-corrected chi connectivity index (χ3v) is 1.77. The summed E-state index contributed by atoms with van der Waals surface area (Å²) >= 11 is 0. The van der Waals surface area contributed by atoms with Crippen LogP contribution in [-0.4, -0.2) is 60.8 Å². The van der Waals surface area contributed by atoms with E-state index >= 15 is 0 Å². The van der Waals surface area contributed by atoms with Crippen LogP contribution in [0.5, 0.6) is 0 Å². The minimum Gasteiger partial charge on any atom is -0.383 e. The average molecular weight is 206 g/mol. The number of hydrogen-bond donors (Lipinski definition) is 1. The van der Waals surface area contributed by atoms with E-state index in [0.717, 1.165) is 19.6 Å². The van der Waals surface area contributed by atoms with Gasteiger partial charge in [-0.05, 0) is 0 Å². The quantitative estimate of drug-likeness (QED) is 0.299. The van der Waals surface area contributed by atoms with Crippen molar-refractivity contribution in [1.29, 1.82) is 0 Å². The molecule has 0 aromatic heterocycles. The van der Waals surface area contributed by atoms with Gasteiger partial charge in [0.05, 0.1) is 13.2 Å². The molecule has 0 aliphatic heterocycles. The first-order valence-corrected chi connectivity index (χ1v) is 4.80. The number of ether oxygens (including phenoxy) is 3. The van der Waals surface area contributed by atoms with Gasteiger partial charge in [0.1, 0.15) is 13.2 Å². The third kappa shape index (κ3) is 8.40. The number of hydrazine groups is 1. The summed E-state index contributed by atoms with van der Waals surface area (Å²) in [5.74, 6) is 0. The molecule has 1 radical (unpaired) electrons. The Bertz CT molecular complexity index is 106. The van der Waals surface area contributed by atoms with E-state index in [-0.39, 0.29) is 0 Å². The van der Waals surface area contributed by atoms with Gasteiger partial charge in [0, 0.05) is 21.3 Å². The highest BCUT2D eigenvalue weighted by Gasteiger charge is 2.13. The minimum atomic E-state index is 0.705. The molecule has 0 fully saturated rings. The van der Waals surface area contributed by atoms with Crippen molar-refractivity contribution in [1.82, 2.24) is 10.4 Å². The SMILES string of the molecule is COCCN[N+](CCOC)CCOC. The Labute approximate surface area is 86.3 Å². The van der Waals surface area contributed by atoms with Crippen molar-refractivity contribution in [3.05, 3.63) is 0 Å². The summed E-state index contributed by atoms with van der Waals surface area (Å²) in [6.07, 6.45) is 0. The van der Waals surface area contributed by atoms with E-state index in [9.17, 15) is 0 Å². The van der Waals surface area contributed by atoms with Gasteiger partial charge in [-0.15, -0.1) is 5.43 Å². The van der Waals surface area contributed by atoms with Gasteiger partial charge in [-0.3, -0.25) is 0 Å². The van der Waals surface area contributed by atoms with E-state index in [1.807, 2.05) is 0 Å². The van der Waals surface area contributed by atoms with Crippen LogP contribution in [0.1, 0.15) is 0 Å². The highest BCUT2D eigenvalue weighted by molar-refractivity contribution is 4.57. The van der Waals surface area contributed by atoms with E-state index in [1.165, 1.54) is 0 Å². The lowest BCUT2D eigenvalue weighted by Gasteiger charge is -2.11. The Morgan fingerprint density at radius 3 is 1.79 bits per heavy atom. The zero-order chi connectivity index (χ0) is 10.6. The van der Waals surface area contributed by atoms with Gasteiger partial charge in [-0.1, -0.05) is 5.01 Å². The van der Waals surface area contributed by atoms with Gasteiger partial charge in [-0.2, -0.15) is 0 Å². The predicted octanol–water partition coefficient (Wildman–Crippen LogP) is -0.430. The van der Waals surface area contributed by atoms with Crippen LogP contribution >= 0.6 is 0 Å². The summed E-state index contributed by atoms with van der Waals surface area (Å²) in [6.45, 7) is 4.64. The standard InChI is InChI=1S/C9H22N2O3/c1-12-7-4-10-11(5-8-13-2)6-9-14-3/h10H,4-9H2,1-3H3/q+1. The number of nitrogens with zero attached hydrogens (tertiary/aromatic N) is 1. The maximum absolute atomic E-state index is 5.00. The monoisotopic (exact) mass is 206 g/mol. The fourth-order valence-corrected chi connectivity index (χ4v) is 0.979. The first kappa shape index (κ1) is 13.8. The lowest BCUT2D eigenvalue weighted by molar-refractivity contribution is 0.123. The summed E-state index contributed by atoms with van der Waals surface area (Å²) in [5.41, 5.74) is 3.24. The topological polar surface area (TPSA) is 45.6 Å². The molecule has 0 rings (SSSR count). The summed E-state index contributed by atoms with van der Waals surface area (Å²) in [7, 11) is 5.09. The molecule has 0 bridgehead atoms. The summed E-state index contributed by atoms with van der Waals surface area (Å²) < 4.78 is 15.0. The zero-order valence-corrected chi connectivity index (χ0v) is 9.41. The maximum atomic E-state index is 5.00. The predicted molar refractivity (Wildman–Crippen MR) is 55.5 cm³/mol. The molecular formula is C9H22N2O3+. The normalized spacial score (nSPS) is 11.1. The molecule has 0 amide bonds. The number of methoxy groups -OCH3 is 3. The molecular weight excluding hydrogens is 184 g/mol. The van der Waals surface area contributed by atoms with Crippen LogP contribution in [-0.2, 0) is 14.2 Å². The van der Waals surface area contributed by atoms with E-state index in [2.05, 4.69) is 10.4 Å². The molecule has 1 N–H and O–H groups in total. The number of nitrogens with one attached hydrogen (secondary N) is 1. The van der Waals surface area contributed by atoms with Crippen LogP contribution in [0.15, 0.2) is 0 Å². The van der Waals surface area contributed by atoms with Crippen LogP contribution in [0.25, 0.3) is 0 Å². The first-order valence-electron chi connectivity index (χ1n) is 4.80. The second-order valence-electron chi connectivity index (χ2n) is 2.87. The van der Waals surface area contributed by atoms with Crippen molar-refractivity contribution in [2.45, 2.75) is 0 Å². The second-order valence-corrected chi connectivity index (χ2v) is 2.87. The lowest BCUT2D eigenvalue weighted by Crippen LogP contribution is -2.48. The molecule has 0 saturated heterocycles. The van der Waals surface area contributed by atoms with Crippen LogP contribution < -0.4 is 10.4 Å². The highest BCUT2D eigenvalue weighted by Crippen LogP contribution is 1.80. The van der Waals surface area contributed by atoms with Crippen molar-refractivity contribution in [3.63, 3.8) is 0 Å². The lowest BCUT2D eigenvalue weighted by atomic mass is 10.5. The van der Waals surface area contributed by atoms with E-state index in [1.54, 1.807) is 21.3 Å². The molecule has 14 heavy (non-hydrogen) atoms. The molecule has 0 saturated carbocycles. The Kier molecular flexibility index (Phi) is 10.7. The summed E-state index contributed by atoms with van der Waals surface area (Å²) in [4.78, 5) is 0. The molecule has 0 spiro atoms. The van der Waals surface area contributed by atoms with Crippen LogP contribution in [0.4, 0.5) is 0 Å². The van der Waals surface area contributed by atoms with Crippen molar-refractivity contribution in [3.8, 4) is 0 Å². The molecule has 5 heteroatoms. The minimum absolute atomic E-state index is 0.705. The summed E-state index contributed by atoms with van der Waals surface area (Å²) in [6, 6.07) is 0. The average Bonchev–Trinajstić information content (AvgIpc) is 2.21. The Morgan fingerprint density at radius 1 is 0.857 bits per heavy atom. The molecule has 0 aromatic carbocycles. The number of hydrogen-bond acceptors (Lipinski definition) is 5. The van der Waals surface area contributed by atoms with Gasteiger partial charge >= 0.3 is 0 Å². The van der Waals surface area contributed by atoms with Gasteiger partial charge in [-0.25, -0.2) is 0 Å². The van der Waals surface area contributed by atoms with Crippen molar-refractivity contribution < 1.29 is 14.2 Å². The van der Waals surface area contributed by atoms with Gasteiger partial charge in [0.25, 0.3) is 0 Å². The number of rotatable bonds is 10. The molecule has 0 aliphatic rings. The van der Waals surface area contributed by atoms with Crippen LogP contribution in [0.3, 0.4) is 0 Å². The van der Waals surface area contributed by atoms with Crippen LogP contribution in [0.2, 0.25) is 0 Å². The third-order valence-electron chi connectivity index (χ3n) is 1.77. The second kappa shape index (κ2) is 10.9. The molecule has 0 heterocycles. The van der Waals surface area contributed by atoms with Gasteiger partial charge in [0.2, 0.25) is 0 Å². The molecule has 0 atom stereocenters. The van der Waals surface area contributed by atoms with E-state index in [0.29, 0.717) is 19.8 Å². The largest absolute Gasteiger partial charge is 0.383 e. The van der Waals surface area contributed by atoms with Crippen molar-refractivity contribution in [2.24, 2.45) is 0 Å². The fraction of sp³-hybridized carbons (Fsp3) is 1.00. The maximum Gasteiger partial charge on any atom is 0.168 e. The molecule has 0 aromatic rings. The van der Waals surface area contributed by atoms with E-state index in [4.69, 9.17) is 14.2 Å².